The summed E-state index contributed by atoms with van der Waals surface area (Å²) in [4.78, 5) is 0. The van der Waals surface area contributed by atoms with Gasteiger partial charge >= 0.3 is 6.18 Å². The van der Waals surface area contributed by atoms with E-state index in [1.807, 2.05) is 0 Å². The monoisotopic (exact) mass is 273 g/mol. The van der Waals surface area contributed by atoms with Crippen LogP contribution in [0.15, 0.2) is 30.5 Å². The van der Waals surface area contributed by atoms with Gasteiger partial charge in [-0.25, -0.2) is 4.39 Å². The summed E-state index contributed by atoms with van der Waals surface area (Å²) in [6, 6.07) is 3.56. The molecule has 1 heterocycles. The molecule has 0 saturated heterocycles. The number of alkyl halides is 3. The van der Waals surface area contributed by atoms with E-state index in [1.54, 1.807) is 13.1 Å². The molecule has 19 heavy (non-hydrogen) atoms. The summed E-state index contributed by atoms with van der Waals surface area (Å²) in [6.45, 7) is 0. The van der Waals surface area contributed by atoms with Gasteiger partial charge in [0.05, 0.1) is 17.3 Å². The van der Waals surface area contributed by atoms with E-state index >= 15 is 0 Å². The molecule has 0 radical (unpaired) electrons. The SMILES string of the molecule is Cn1nccc1C(N)c1ccc(C(F)(F)F)c(F)c1. The topological polar surface area (TPSA) is 43.8 Å². The van der Waals surface area contributed by atoms with Crippen LogP contribution in [-0.2, 0) is 13.2 Å². The van der Waals surface area contributed by atoms with Crippen LogP contribution in [0.4, 0.5) is 17.6 Å². The highest BCUT2D eigenvalue weighted by atomic mass is 19.4. The molecular formula is C12H11F4N3. The fourth-order valence-corrected chi connectivity index (χ4v) is 1.81. The molecule has 1 unspecified atom stereocenters. The maximum atomic E-state index is 13.5. The van der Waals surface area contributed by atoms with Gasteiger partial charge in [-0.05, 0) is 23.8 Å². The summed E-state index contributed by atoms with van der Waals surface area (Å²) in [5, 5.41) is 3.91. The minimum absolute atomic E-state index is 0.258. The van der Waals surface area contributed by atoms with Crippen molar-refractivity contribution < 1.29 is 17.6 Å². The van der Waals surface area contributed by atoms with Crippen molar-refractivity contribution >= 4 is 0 Å². The first kappa shape index (κ1) is 13.5. The summed E-state index contributed by atoms with van der Waals surface area (Å²) in [7, 11) is 1.65. The second-order valence-electron chi connectivity index (χ2n) is 4.09. The summed E-state index contributed by atoms with van der Waals surface area (Å²) in [5.41, 5.74) is 5.42. The molecule has 3 nitrogen and oxygen atoms in total. The zero-order chi connectivity index (χ0) is 14.2. The van der Waals surface area contributed by atoms with Crippen molar-refractivity contribution in [3.63, 3.8) is 0 Å². The van der Waals surface area contributed by atoms with E-state index < -0.39 is 23.6 Å². The van der Waals surface area contributed by atoms with Crippen LogP contribution < -0.4 is 5.73 Å². The van der Waals surface area contributed by atoms with Crippen LogP contribution in [0.1, 0.15) is 22.9 Å². The van der Waals surface area contributed by atoms with E-state index in [4.69, 9.17) is 5.73 Å². The molecule has 0 aliphatic rings. The zero-order valence-corrected chi connectivity index (χ0v) is 9.95. The van der Waals surface area contributed by atoms with Crippen molar-refractivity contribution in [2.75, 3.05) is 0 Å². The van der Waals surface area contributed by atoms with Crippen molar-refractivity contribution in [2.24, 2.45) is 12.8 Å². The van der Waals surface area contributed by atoms with Gasteiger partial charge in [0.2, 0.25) is 0 Å². The Morgan fingerprint density at radius 3 is 2.42 bits per heavy atom. The number of aryl methyl sites for hydroxylation is 1. The number of aromatic nitrogens is 2. The first-order chi connectivity index (χ1) is 8.80. The number of rotatable bonds is 2. The number of nitrogens with zero attached hydrogens (tertiary/aromatic N) is 2. The highest BCUT2D eigenvalue weighted by Gasteiger charge is 2.34. The quantitative estimate of drug-likeness (QED) is 0.855. The molecule has 0 aliphatic heterocycles. The first-order valence-corrected chi connectivity index (χ1v) is 5.41. The Morgan fingerprint density at radius 2 is 1.95 bits per heavy atom. The number of hydrogen-bond donors (Lipinski definition) is 1. The van der Waals surface area contributed by atoms with E-state index in [0.717, 1.165) is 6.07 Å². The molecule has 0 amide bonds. The predicted molar refractivity (Wildman–Crippen MR) is 60.6 cm³/mol. The average molecular weight is 273 g/mol. The van der Waals surface area contributed by atoms with Gasteiger partial charge in [0.1, 0.15) is 5.82 Å². The summed E-state index contributed by atoms with van der Waals surface area (Å²) >= 11 is 0. The number of benzene rings is 1. The Balaban J connectivity index is 2.38. The van der Waals surface area contributed by atoms with Gasteiger partial charge in [-0.15, -0.1) is 0 Å². The second kappa shape index (κ2) is 4.65. The molecule has 2 N–H and O–H groups in total. The zero-order valence-electron chi connectivity index (χ0n) is 9.95. The van der Waals surface area contributed by atoms with Crippen molar-refractivity contribution in [3.8, 4) is 0 Å². The van der Waals surface area contributed by atoms with Crippen LogP contribution >= 0.6 is 0 Å². The fraction of sp³-hybridized carbons (Fsp3) is 0.250. The Hall–Kier alpha value is -1.89. The lowest BCUT2D eigenvalue weighted by Crippen LogP contribution is -2.17. The molecule has 0 aliphatic carbocycles. The fourth-order valence-electron chi connectivity index (χ4n) is 1.81. The summed E-state index contributed by atoms with van der Waals surface area (Å²) in [5.74, 6) is -1.33. The lowest BCUT2D eigenvalue weighted by Gasteiger charge is -2.14. The molecule has 0 bridgehead atoms. The maximum Gasteiger partial charge on any atom is 0.419 e. The maximum absolute atomic E-state index is 13.5. The van der Waals surface area contributed by atoms with E-state index in [0.29, 0.717) is 11.8 Å². The minimum Gasteiger partial charge on any atom is -0.319 e. The second-order valence-corrected chi connectivity index (χ2v) is 4.09. The van der Waals surface area contributed by atoms with Gasteiger partial charge in [-0.1, -0.05) is 6.07 Å². The molecule has 0 spiro atoms. The molecule has 1 aromatic carbocycles. The first-order valence-electron chi connectivity index (χ1n) is 5.41. The average Bonchev–Trinajstić information content (AvgIpc) is 2.72. The predicted octanol–water partition coefficient (Wildman–Crippen LogP) is 2.63. The molecule has 102 valence electrons. The van der Waals surface area contributed by atoms with Crippen LogP contribution in [0.25, 0.3) is 0 Å². The Kier molecular flexibility index (Phi) is 3.32. The standard InChI is InChI=1S/C12H11F4N3/c1-19-10(4-5-18-19)11(17)7-2-3-8(9(13)6-7)12(14,15)16/h2-6,11H,17H2,1H3. The molecular weight excluding hydrogens is 262 g/mol. The van der Waals surface area contributed by atoms with Crippen LogP contribution in [0.5, 0.6) is 0 Å². The summed E-state index contributed by atoms with van der Waals surface area (Å²) in [6.07, 6.45) is -3.20. The van der Waals surface area contributed by atoms with Crippen LogP contribution in [0.2, 0.25) is 0 Å². The highest BCUT2D eigenvalue weighted by molar-refractivity contribution is 5.32. The Bertz CT molecular complexity index is 589. The van der Waals surface area contributed by atoms with E-state index in [2.05, 4.69) is 5.10 Å². The van der Waals surface area contributed by atoms with Crippen LogP contribution in [0, 0.1) is 5.82 Å². The molecule has 2 aromatic rings. The van der Waals surface area contributed by atoms with Gasteiger partial charge in [0.15, 0.2) is 0 Å². The molecule has 0 fully saturated rings. The van der Waals surface area contributed by atoms with E-state index in [1.165, 1.54) is 16.9 Å². The van der Waals surface area contributed by atoms with Crippen LogP contribution in [-0.4, -0.2) is 9.78 Å². The van der Waals surface area contributed by atoms with Gasteiger partial charge in [-0.2, -0.15) is 18.3 Å². The molecule has 1 aromatic heterocycles. The summed E-state index contributed by atoms with van der Waals surface area (Å²) < 4.78 is 52.2. The molecule has 7 heteroatoms. The van der Waals surface area contributed by atoms with E-state index in [-0.39, 0.29) is 5.56 Å². The molecule has 0 saturated carbocycles. The smallest absolute Gasteiger partial charge is 0.319 e. The van der Waals surface area contributed by atoms with Crippen molar-refractivity contribution in [1.82, 2.24) is 9.78 Å². The van der Waals surface area contributed by atoms with E-state index in [9.17, 15) is 17.6 Å². The van der Waals surface area contributed by atoms with Gasteiger partial charge in [0.25, 0.3) is 0 Å². The third-order valence-electron chi connectivity index (χ3n) is 2.84. The normalized spacial score (nSPS) is 13.6. The van der Waals surface area contributed by atoms with Crippen LogP contribution in [0.3, 0.4) is 0 Å². The number of halogens is 4. The largest absolute Gasteiger partial charge is 0.419 e. The molecule has 1 atom stereocenters. The van der Waals surface area contributed by atoms with Gasteiger partial charge in [0, 0.05) is 13.2 Å². The third-order valence-corrected chi connectivity index (χ3v) is 2.84. The molecule has 2 rings (SSSR count). The third kappa shape index (κ3) is 2.60. The van der Waals surface area contributed by atoms with Gasteiger partial charge in [-0.3, -0.25) is 4.68 Å². The van der Waals surface area contributed by atoms with Gasteiger partial charge < -0.3 is 5.73 Å². The Morgan fingerprint density at radius 1 is 1.26 bits per heavy atom. The highest BCUT2D eigenvalue weighted by Crippen LogP contribution is 2.32. The number of hydrogen-bond acceptors (Lipinski definition) is 2. The Labute approximate surface area is 106 Å². The minimum atomic E-state index is -4.71. The van der Waals surface area contributed by atoms with Crippen molar-refractivity contribution in [3.05, 3.63) is 53.1 Å². The lowest BCUT2D eigenvalue weighted by atomic mass is 10.0. The van der Waals surface area contributed by atoms with Crippen molar-refractivity contribution in [2.45, 2.75) is 12.2 Å². The number of nitrogens with two attached hydrogens (primary N) is 1. The lowest BCUT2D eigenvalue weighted by molar-refractivity contribution is -0.140. The van der Waals surface area contributed by atoms with Crippen molar-refractivity contribution in [1.29, 1.82) is 0 Å².